The molecule has 7 nitrogen and oxygen atoms in total. The van der Waals surface area contributed by atoms with Gasteiger partial charge in [-0.2, -0.15) is 0 Å². The predicted octanol–water partition coefficient (Wildman–Crippen LogP) is 2.53. The van der Waals surface area contributed by atoms with E-state index in [4.69, 9.17) is 0 Å². The number of halogens is 1. The number of aromatic nitrogens is 3. The van der Waals surface area contributed by atoms with E-state index in [9.17, 15) is 14.0 Å². The van der Waals surface area contributed by atoms with Crippen LogP contribution in [0, 0.1) is 12.7 Å². The monoisotopic (exact) mass is 393 g/mol. The van der Waals surface area contributed by atoms with Gasteiger partial charge in [-0.15, -0.1) is 5.10 Å². The van der Waals surface area contributed by atoms with Crippen molar-refractivity contribution in [2.75, 3.05) is 5.32 Å². The number of aryl methyl sites for hydroxylation is 2. The summed E-state index contributed by atoms with van der Waals surface area (Å²) >= 11 is 0. The highest BCUT2D eigenvalue weighted by Crippen LogP contribution is 2.27. The Labute approximate surface area is 166 Å². The van der Waals surface area contributed by atoms with Crippen molar-refractivity contribution in [3.05, 3.63) is 76.6 Å². The zero-order valence-corrected chi connectivity index (χ0v) is 15.8. The largest absolute Gasteiger partial charge is 0.337 e. The molecule has 1 aliphatic rings. The molecule has 0 fully saturated rings. The Morgan fingerprint density at radius 3 is 2.83 bits per heavy atom. The number of rotatable bonds is 4. The normalized spacial score (nSPS) is 15.9. The molecule has 0 aliphatic carbocycles. The fourth-order valence-corrected chi connectivity index (χ4v) is 3.33. The molecular weight excluding hydrogens is 373 g/mol. The van der Waals surface area contributed by atoms with Crippen molar-refractivity contribution >= 4 is 17.5 Å². The van der Waals surface area contributed by atoms with Gasteiger partial charge in [0.15, 0.2) is 0 Å². The number of amides is 2. The van der Waals surface area contributed by atoms with Gasteiger partial charge in [-0.3, -0.25) is 14.7 Å². The molecule has 2 amide bonds. The molecule has 0 spiro atoms. The standard InChI is InChI=1S/C21H20FN5O2/c1-12-7-8-14-9-10-15(20(28)25-18(14)17(12)22)23-21(29)19-24-16(26-27-19)11-13-5-3-2-4-6-13/h2-8,15H,9-11H2,1H3,(H,23,29)(H,25,28)(H,24,26,27)/t15-/m0/s1. The molecule has 4 rings (SSSR count). The Bertz CT molecular complexity index is 1060. The van der Waals surface area contributed by atoms with E-state index in [1.165, 1.54) is 0 Å². The molecule has 2 aromatic carbocycles. The molecule has 29 heavy (non-hydrogen) atoms. The van der Waals surface area contributed by atoms with Crippen LogP contribution in [0.1, 0.15) is 39.6 Å². The molecule has 148 valence electrons. The van der Waals surface area contributed by atoms with Crippen LogP contribution in [0.5, 0.6) is 0 Å². The third-order valence-electron chi connectivity index (χ3n) is 4.94. The number of fused-ring (bicyclic) bond motifs is 1. The van der Waals surface area contributed by atoms with E-state index < -0.39 is 23.7 Å². The second kappa shape index (κ2) is 7.83. The van der Waals surface area contributed by atoms with Gasteiger partial charge in [0.05, 0.1) is 5.69 Å². The number of carbonyl (C=O) groups is 2. The predicted molar refractivity (Wildman–Crippen MR) is 105 cm³/mol. The van der Waals surface area contributed by atoms with Gasteiger partial charge in [0.25, 0.3) is 5.91 Å². The van der Waals surface area contributed by atoms with Gasteiger partial charge < -0.3 is 10.6 Å². The summed E-state index contributed by atoms with van der Waals surface area (Å²) in [5, 5.41) is 12.0. The smallest absolute Gasteiger partial charge is 0.291 e. The lowest BCUT2D eigenvalue weighted by Crippen LogP contribution is -2.43. The lowest BCUT2D eigenvalue weighted by Gasteiger charge is -2.14. The lowest BCUT2D eigenvalue weighted by atomic mass is 10.0. The molecule has 3 N–H and O–H groups in total. The summed E-state index contributed by atoms with van der Waals surface area (Å²) in [4.78, 5) is 29.2. The number of benzene rings is 2. The zero-order valence-electron chi connectivity index (χ0n) is 15.8. The minimum Gasteiger partial charge on any atom is -0.337 e. The highest BCUT2D eigenvalue weighted by Gasteiger charge is 2.28. The molecule has 2 heterocycles. The van der Waals surface area contributed by atoms with Crippen LogP contribution in [0.15, 0.2) is 42.5 Å². The fraction of sp³-hybridized carbons (Fsp3) is 0.238. The highest BCUT2D eigenvalue weighted by molar-refractivity contribution is 6.00. The average Bonchev–Trinajstić information content (AvgIpc) is 3.12. The van der Waals surface area contributed by atoms with E-state index in [2.05, 4.69) is 25.8 Å². The molecule has 0 saturated carbocycles. The Hall–Kier alpha value is -3.55. The van der Waals surface area contributed by atoms with Crippen LogP contribution in [-0.4, -0.2) is 33.0 Å². The molecule has 1 aromatic heterocycles. The van der Waals surface area contributed by atoms with Crippen molar-refractivity contribution in [2.24, 2.45) is 0 Å². The van der Waals surface area contributed by atoms with Gasteiger partial charge in [-0.05, 0) is 36.5 Å². The third-order valence-corrected chi connectivity index (χ3v) is 4.94. The maximum atomic E-state index is 14.3. The first-order valence-corrected chi connectivity index (χ1v) is 9.36. The van der Waals surface area contributed by atoms with Crippen LogP contribution < -0.4 is 10.6 Å². The first-order chi connectivity index (χ1) is 14.0. The first kappa shape index (κ1) is 18.8. The molecule has 0 radical (unpaired) electrons. The molecule has 0 bridgehead atoms. The Balaban J connectivity index is 1.44. The van der Waals surface area contributed by atoms with E-state index in [1.807, 2.05) is 30.3 Å². The van der Waals surface area contributed by atoms with Gasteiger partial charge in [0, 0.05) is 6.42 Å². The van der Waals surface area contributed by atoms with E-state index in [-0.39, 0.29) is 11.5 Å². The maximum absolute atomic E-state index is 14.3. The Kier molecular flexibility index (Phi) is 5.07. The van der Waals surface area contributed by atoms with Gasteiger partial charge in [-0.25, -0.2) is 9.37 Å². The van der Waals surface area contributed by atoms with E-state index in [0.717, 1.165) is 5.56 Å². The number of carbonyl (C=O) groups excluding carboxylic acids is 2. The SMILES string of the molecule is Cc1ccc2c(c1F)NC(=O)[C@@H](NC(=O)c1n[nH]c(Cc3ccccc3)n1)CC2. The highest BCUT2D eigenvalue weighted by atomic mass is 19.1. The summed E-state index contributed by atoms with van der Waals surface area (Å²) in [6.07, 6.45) is 1.33. The third kappa shape index (κ3) is 4.01. The minimum absolute atomic E-state index is 0.0347. The van der Waals surface area contributed by atoms with Crippen LogP contribution in [-0.2, 0) is 17.6 Å². The van der Waals surface area contributed by atoms with Crippen molar-refractivity contribution in [1.82, 2.24) is 20.5 Å². The molecule has 0 unspecified atom stereocenters. The number of hydrogen-bond acceptors (Lipinski definition) is 4. The molecular formula is C21H20FN5O2. The molecule has 1 atom stereocenters. The van der Waals surface area contributed by atoms with Gasteiger partial charge in [0.2, 0.25) is 11.7 Å². The molecule has 0 saturated heterocycles. The summed E-state index contributed by atoms with van der Waals surface area (Å²) in [6.45, 7) is 1.64. The van der Waals surface area contributed by atoms with Crippen LogP contribution >= 0.6 is 0 Å². The average molecular weight is 393 g/mol. The molecule has 1 aliphatic heterocycles. The number of anilines is 1. The summed E-state index contributed by atoms with van der Waals surface area (Å²) < 4.78 is 14.3. The lowest BCUT2D eigenvalue weighted by molar-refractivity contribution is -0.118. The topological polar surface area (TPSA) is 99.8 Å². The number of aromatic amines is 1. The fourth-order valence-electron chi connectivity index (χ4n) is 3.33. The van der Waals surface area contributed by atoms with Crippen molar-refractivity contribution in [1.29, 1.82) is 0 Å². The zero-order chi connectivity index (χ0) is 20.4. The number of nitrogens with one attached hydrogen (secondary N) is 3. The summed E-state index contributed by atoms with van der Waals surface area (Å²) in [5.74, 6) is -0.934. The second-order valence-electron chi connectivity index (χ2n) is 7.05. The minimum atomic E-state index is -0.800. The quantitative estimate of drug-likeness (QED) is 0.634. The van der Waals surface area contributed by atoms with Gasteiger partial charge in [-0.1, -0.05) is 42.5 Å². The Morgan fingerprint density at radius 2 is 2.03 bits per heavy atom. The van der Waals surface area contributed by atoms with Crippen molar-refractivity contribution in [3.8, 4) is 0 Å². The van der Waals surface area contributed by atoms with Crippen LogP contribution in [0.25, 0.3) is 0 Å². The second-order valence-corrected chi connectivity index (χ2v) is 7.05. The van der Waals surface area contributed by atoms with Gasteiger partial charge >= 0.3 is 0 Å². The first-order valence-electron chi connectivity index (χ1n) is 9.36. The Morgan fingerprint density at radius 1 is 1.24 bits per heavy atom. The summed E-state index contributed by atoms with van der Waals surface area (Å²) in [6, 6.07) is 12.4. The summed E-state index contributed by atoms with van der Waals surface area (Å²) in [5.41, 5.74) is 2.39. The van der Waals surface area contributed by atoms with Crippen LogP contribution in [0.2, 0.25) is 0 Å². The van der Waals surface area contributed by atoms with Crippen molar-refractivity contribution in [3.63, 3.8) is 0 Å². The molecule has 3 aromatic rings. The number of nitrogens with zero attached hydrogens (tertiary/aromatic N) is 2. The van der Waals surface area contributed by atoms with E-state index in [0.29, 0.717) is 36.2 Å². The maximum Gasteiger partial charge on any atom is 0.291 e. The van der Waals surface area contributed by atoms with Gasteiger partial charge in [0.1, 0.15) is 17.7 Å². The molecule has 8 heteroatoms. The van der Waals surface area contributed by atoms with Crippen LogP contribution in [0.3, 0.4) is 0 Å². The van der Waals surface area contributed by atoms with E-state index in [1.54, 1.807) is 19.1 Å². The number of hydrogen-bond donors (Lipinski definition) is 3. The number of H-pyrrole nitrogens is 1. The van der Waals surface area contributed by atoms with Crippen molar-refractivity contribution < 1.29 is 14.0 Å². The van der Waals surface area contributed by atoms with E-state index >= 15 is 0 Å². The van der Waals surface area contributed by atoms with Crippen molar-refractivity contribution in [2.45, 2.75) is 32.2 Å². The summed E-state index contributed by atoms with van der Waals surface area (Å²) in [7, 11) is 0. The van der Waals surface area contributed by atoms with Crippen LogP contribution in [0.4, 0.5) is 10.1 Å².